The predicted molar refractivity (Wildman–Crippen MR) is 64.9 cm³/mol. The van der Waals surface area contributed by atoms with Gasteiger partial charge < -0.3 is 4.57 Å². The Hall–Kier alpha value is -1.74. The summed E-state index contributed by atoms with van der Waals surface area (Å²) in [5.41, 5.74) is 0.730. The second-order valence-electron chi connectivity index (χ2n) is 3.99. The smallest absolute Gasteiger partial charge is 0.319 e. The summed E-state index contributed by atoms with van der Waals surface area (Å²) in [5.74, 6) is 0.296. The highest BCUT2D eigenvalue weighted by Gasteiger charge is 2.30. The summed E-state index contributed by atoms with van der Waals surface area (Å²) in [6.45, 7) is 0.599. The Labute approximate surface area is 112 Å². The van der Waals surface area contributed by atoms with Crippen LogP contribution in [-0.4, -0.2) is 15.7 Å². The van der Waals surface area contributed by atoms with Crippen LogP contribution in [0.25, 0.3) is 11.0 Å². The Balaban J connectivity index is 2.70. The molecule has 19 heavy (non-hydrogen) atoms. The average molecular weight is 288 g/mol. The van der Waals surface area contributed by atoms with Crippen LogP contribution in [-0.2, 0) is 13.0 Å². The van der Waals surface area contributed by atoms with Crippen molar-refractivity contribution in [2.75, 3.05) is 0 Å². The van der Waals surface area contributed by atoms with E-state index in [4.69, 9.17) is 16.9 Å². The van der Waals surface area contributed by atoms with E-state index in [0.29, 0.717) is 12.2 Å². The molecule has 0 radical (unpaired) electrons. The van der Waals surface area contributed by atoms with Gasteiger partial charge in [0.1, 0.15) is 24.0 Å². The van der Waals surface area contributed by atoms with Crippen molar-refractivity contribution in [1.82, 2.24) is 9.55 Å². The molecular formula is C12H9ClF3N3. The Morgan fingerprint density at radius 3 is 2.63 bits per heavy atom. The maximum Gasteiger partial charge on any atom is 0.406 e. The topological polar surface area (TPSA) is 41.6 Å². The van der Waals surface area contributed by atoms with Gasteiger partial charge in [-0.2, -0.15) is 18.4 Å². The minimum absolute atomic E-state index is 0.0932. The first kappa shape index (κ1) is 13.7. The summed E-state index contributed by atoms with van der Waals surface area (Å²) in [4.78, 5) is 4.10. The number of hydrogen-bond acceptors (Lipinski definition) is 2. The fraction of sp³-hybridized carbons (Fsp3) is 0.333. The maximum atomic E-state index is 12.6. The van der Waals surface area contributed by atoms with Crippen LogP contribution in [0.1, 0.15) is 18.3 Å². The van der Waals surface area contributed by atoms with Crippen molar-refractivity contribution in [1.29, 1.82) is 5.26 Å². The third-order valence-electron chi connectivity index (χ3n) is 2.71. The molecule has 0 bridgehead atoms. The van der Waals surface area contributed by atoms with Gasteiger partial charge in [-0.05, 0) is 12.1 Å². The van der Waals surface area contributed by atoms with E-state index in [-0.39, 0.29) is 21.6 Å². The monoisotopic (exact) mass is 287 g/mol. The number of aromatic nitrogens is 2. The average Bonchev–Trinajstić information content (AvgIpc) is 2.67. The van der Waals surface area contributed by atoms with Crippen molar-refractivity contribution in [2.45, 2.75) is 26.1 Å². The first-order chi connectivity index (χ1) is 8.87. The summed E-state index contributed by atoms with van der Waals surface area (Å²) in [6.07, 6.45) is -3.99. The van der Waals surface area contributed by atoms with Crippen molar-refractivity contribution in [2.24, 2.45) is 0 Å². The van der Waals surface area contributed by atoms with Crippen LogP contribution in [0.3, 0.4) is 0 Å². The number of nitriles is 1. The van der Waals surface area contributed by atoms with E-state index >= 15 is 0 Å². The number of halogens is 4. The number of hydrogen-bond donors (Lipinski definition) is 0. The molecule has 0 unspecified atom stereocenters. The zero-order valence-electron chi connectivity index (χ0n) is 9.92. The lowest BCUT2D eigenvalue weighted by atomic mass is 10.2. The van der Waals surface area contributed by atoms with Gasteiger partial charge in [0.15, 0.2) is 0 Å². The number of benzene rings is 1. The molecule has 0 saturated carbocycles. The SMILES string of the molecule is CCc1nc2c(Cl)c(C#N)ccc2n1CC(F)(F)F. The van der Waals surface area contributed by atoms with Gasteiger partial charge >= 0.3 is 6.18 Å². The Morgan fingerprint density at radius 1 is 1.42 bits per heavy atom. The number of rotatable bonds is 2. The molecule has 0 amide bonds. The van der Waals surface area contributed by atoms with E-state index in [9.17, 15) is 13.2 Å². The lowest BCUT2D eigenvalue weighted by Crippen LogP contribution is -2.19. The molecule has 0 fully saturated rings. The molecule has 0 spiro atoms. The first-order valence-corrected chi connectivity index (χ1v) is 5.89. The van der Waals surface area contributed by atoms with Crippen molar-refractivity contribution < 1.29 is 13.2 Å². The van der Waals surface area contributed by atoms with Crippen LogP contribution in [0.15, 0.2) is 12.1 Å². The van der Waals surface area contributed by atoms with Crippen molar-refractivity contribution in [3.05, 3.63) is 28.5 Å². The highest BCUT2D eigenvalue weighted by atomic mass is 35.5. The molecular weight excluding hydrogens is 279 g/mol. The zero-order chi connectivity index (χ0) is 14.2. The second-order valence-corrected chi connectivity index (χ2v) is 4.37. The summed E-state index contributed by atoms with van der Waals surface area (Å²) in [5, 5.41) is 8.94. The minimum Gasteiger partial charge on any atom is -0.319 e. The zero-order valence-corrected chi connectivity index (χ0v) is 10.7. The Kier molecular flexibility index (Phi) is 3.42. The van der Waals surface area contributed by atoms with Crippen LogP contribution in [0.4, 0.5) is 13.2 Å². The van der Waals surface area contributed by atoms with Gasteiger partial charge in [0.25, 0.3) is 0 Å². The van der Waals surface area contributed by atoms with E-state index in [1.165, 1.54) is 12.1 Å². The molecule has 0 saturated heterocycles. The highest BCUT2D eigenvalue weighted by molar-refractivity contribution is 6.36. The molecule has 3 nitrogen and oxygen atoms in total. The van der Waals surface area contributed by atoms with Crippen molar-refractivity contribution in [3.8, 4) is 6.07 Å². The summed E-state index contributed by atoms with van der Waals surface area (Å²) < 4.78 is 38.8. The summed E-state index contributed by atoms with van der Waals surface area (Å²) in [7, 11) is 0. The van der Waals surface area contributed by atoms with Crippen LogP contribution in [0.2, 0.25) is 5.02 Å². The van der Waals surface area contributed by atoms with Crippen LogP contribution < -0.4 is 0 Å². The van der Waals surface area contributed by atoms with E-state index in [1.54, 1.807) is 6.92 Å². The van der Waals surface area contributed by atoms with Gasteiger partial charge in [-0.1, -0.05) is 18.5 Å². The first-order valence-electron chi connectivity index (χ1n) is 5.52. The number of nitrogens with zero attached hydrogens (tertiary/aromatic N) is 3. The Morgan fingerprint density at radius 2 is 2.11 bits per heavy atom. The standard InChI is InChI=1S/C12H9ClF3N3/c1-2-9-18-11-8(19(9)6-12(14,15)16)4-3-7(5-17)10(11)13/h3-4H,2,6H2,1H3. The molecule has 1 heterocycles. The van der Waals surface area contributed by atoms with E-state index in [2.05, 4.69) is 4.98 Å². The molecule has 2 rings (SSSR count). The molecule has 0 aliphatic carbocycles. The molecule has 0 atom stereocenters. The normalized spacial score (nSPS) is 11.8. The molecule has 100 valence electrons. The van der Waals surface area contributed by atoms with Gasteiger partial charge in [-0.3, -0.25) is 0 Å². The number of aryl methyl sites for hydroxylation is 1. The van der Waals surface area contributed by atoms with Gasteiger partial charge in [0.05, 0.1) is 16.1 Å². The molecule has 1 aromatic carbocycles. The largest absolute Gasteiger partial charge is 0.406 e. The number of fused-ring (bicyclic) bond motifs is 1. The van der Waals surface area contributed by atoms with Gasteiger partial charge in [-0.15, -0.1) is 0 Å². The van der Waals surface area contributed by atoms with E-state index in [1.807, 2.05) is 6.07 Å². The quantitative estimate of drug-likeness (QED) is 0.845. The molecule has 2 aromatic rings. The van der Waals surface area contributed by atoms with Gasteiger partial charge in [0, 0.05) is 6.42 Å². The molecule has 0 aliphatic heterocycles. The lowest BCUT2D eigenvalue weighted by Gasteiger charge is -2.11. The highest BCUT2D eigenvalue weighted by Crippen LogP contribution is 2.29. The van der Waals surface area contributed by atoms with Gasteiger partial charge in [0.2, 0.25) is 0 Å². The van der Waals surface area contributed by atoms with Crippen molar-refractivity contribution in [3.63, 3.8) is 0 Å². The molecule has 1 aromatic heterocycles. The summed E-state index contributed by atoms with van der Waals surface area (Å²) in [6, 6.07) is 4.72. The van der Waals surface area contributed by atoms with Crippen molar-refractivity contribution >= 4 is 22.6 Å². The maximum absolute atomic E-state index is 12.6. The van der Waals surface area contributed by atoms with Crippen LogP contribution in [0.5, 0.6) is 0 Å². The fourth-order valence-corrected chi connectivity index (χ4v) is 2.16. The third-order valence-corrected chi connectivity index (χ3v) is 3.09. The number of imidazole rings is 1. The van der Waals surface area contributed by atoms with E-state index in [0.717, 1.165) is 4.57 Å². The minimum atomic E-state index is -4.34. The lowest BCUT2D eigenvalue weighted by molar-refractivity contribution is -0.140. The Bertz CT molecular complexity index is 667. The van der Waals surface area contributed by atoms with Crippen LogP contribution >= 0.6 is 11.6 Å². The van der Waals surface area contributed by atoms with Gasteiger partial charge in [-0.25, -0.2) is 4.98 Å². The summed E-state index contributed by atoms with van der Waals surface area (Å²) >= 11 is 5.98. The molecule has 7 heteroatoms. The molecule has 0 aliphatic rings. The molecule has 0 N–H and O–H groups in total. The predicted octanol–water partition coefficient (Wildman–Crippen LogP) is 3.69. The van der Waals surface area contributed by atoms with E-state index < -0.39 is 12.7 Å². The fourth-order valence-electron chi connectivity index (χ4n) is 1.92. The van der Waals surface area contributed by atoms with Crippen LogP contribution in [0, 0.1) is 11.3 Å². The third kappa shape index (κ3) is 2.51. The number of alkyl halides is 3. The second kappa shape index (κ2) is 4.74.